The predicted octanol–water partition coefficient (Wildman–Crippen LogP) is 6.02. The van der Waals surface area contributed by atoms with Gasteiger partial charge < -0.3 is 0 Å². The molecule has 0 aromatic heterocycles. The van der Waals surface area contributed by atoms with Gasteiger partial charge in [0, 0.05) is 4.83 Å². The zero-order chi connectivity index (χ0) is 12.4. The molecule has 0 bridgehead atoms. The molecule has 0 nitrogen and oxygen atoms in total. The van der Waals surface area contributed by atoms with E-state index in [-0.39, 0.29) is 12.8 Å². The van der Waals surface area contributed by atoms with Crippen molar-refractivity contribution in [1.82, 2.24) is 0 Å². The molecule has 0 aliphatic rings. The number of halogens is 6. The van der Waals surface area contributed by atoms with E-state index in [1.807, 2.05) is 0 Å². The van der Waals surface area contributed by atoms with E-state index in [0.717, 1.165) is 0 Å². The van der Waals surface area contributed by atoms with Gasteiger partial charge >= 0.3 is 0 Å². The summed E-state index contributed by atoms with van der Waals surface area (Å²) < 4.78 is 63.1. The highest BCUT2D eigenvalue weighted by atomic mass is 79.9. The lowest BCUT2D eigenvalue weighted by Crippen LogP contribution is -2.33. The quantitative estimate of drug-likeness (QED) is 0.415. The summed E-state index contributed by atoms with van der Waals surface area (Å²) in [5.74, 6) is 0. The lowest BCUT2D eigenvalue weighted by Gasteiger charge is -2.49. The third kappa shape index (κ3) is 5.38. The molecule has 0 rings (SSSR count). The van der Waals surface area contributed by atoms with E-state index in [1.54, 1.807) is 6.92 Å². The smallest absolute Gasteiger partial charge is 0.0975 e. The minimum absolute atomic E-state index is 0.0993. The van der Waals surface area contributed by atoms with Crippen LogP contribution in [0.15, 0.2) is 0 Å². The number of hydrogen-bond donors (Lipinski definition) is 0. The van der Waals surface area contributed by atoms with E-state index in [1.165, 1.54) is 6.92 Å². The molecule has 0 saturated carbocycles. The van der Waals surface area contributed by atoms with Gasteiger partial charge in [-0.25, -0.2) is 0 Å². The fraction of sp³-hybridized carbons (Fsp3) is 1.00. The first-order valence-corrected chi connectivity index (χ1v) is 7.72. The Morgan fingerprint density at radius 1 is 0.933 bits per heavy atom. The molecule has 0 aliphatic heterocycles. The lowest BCUT2D eigenvalue weighted by molar-refractivity contribution is 0.332. The van der Waals surface area contributed by atoms with Gasteiger partial charge in [-0.2, -0.15) is 0 Å². The maximum atomic E-state index is 12.6. The highest BCUT2D eigenvalue weighted by Crippen LogP contribution is 3.01. The lowest BCUT2D eigenvalue weighted by atomic mass is 10.1. The summed E-state index contributed by atoms with van der Waals surface area (Å²) in [7, 11) is -9.36. The standard InChI is InChI=1S/C8H16BrF5S/c1-3-5-7(9)8(6-4-2)15(10,11,12,13)14/h7-8H,3-6H2,1-2H3. The molecule has 7 heteroatoms. The summed E-state index contributed by atoms with van der Waals surface area (Å²) in [4.78, 5) is -1.18. The van der Waals surface area contributed by atoms with Crippen molar-refractivity contribution in [3.05, 3.63) is 0 Å². The van der Waals surface area contributed by atoms with Crippen LogP contribution in [0, 0.1) is 0 Å². The van der Waals surface area contributed by atoms with Crippen LogP contribution in [0.3, 0.4) is 0 Å². The molecule has 0 amide bonds. The van der Waals surface area contributed by atoms with Gasteiger partial charge in [-0.3, -0.25) is 0 Å². The summed E-state index contributed by atoms with van der Waals surface area (Å²) in [5, 5.41) is -2.50. The van der Waals surface area contributed by atoms with Gasteiger partial charge in [0.25, 0.3) is 10.2 Å². The Hall–Kier alpha value is 0.480. The van der Waals surface area contributed by atoms with Gasteiger partial charge in [-0.1, -0.05) is 62.0 Å². The monoisotopic (exact) mass is 318 g/mol. The summed E-state index contributed by atoms with van der Waals surface area (Å²) in [5.41, 5.74) is 0. The van der Waals surface area contributed by atoms with Crippen molar-refractivity contribution in [2.24, 2.45) is 0 Å². The second-order valence-electron chi connectivity index (χ2n) is 3.66. The number of alkyl halides is 1. The zero-order valence-electron chi connectivity index (χ0n) is 8.66. The first kappa shape index (κ1) is 15.5. The molecule has 15 heavy (non-hydrogen) atoms. The average Bonchev–Trinajstić information content (AvgIpc) is 1.95. The van der Waals surface area contributed by atoms with Crippen LogP contribution in [0.1, 0.15) is 39.5 Å². The van der Waals surface area contributed by atoms with Gasteiger partial charge in [0.2, 0.25) is 0 Å². The molecule has 0 spiro atoms. The van der Waals surface area contributed by atoms with Crippen LogP contribution in [0.2, 0.25) is 0 Å². The van der Waals surface area contributed by atoms with Crippen molar-refractivity contribution in [3.63, 3.8) is 0 Å². The van der Waals surface area contributed by atoms with Crippen LogP contribution in [0.25, 0.3) is 0 Å². The fourth-order valence-corrected chi connectivity index (χ4v) is 4.75. The Labute approximate surface area is 95.5 Å². The van der Waals surface area contributed by atoms with E-state index in [4.69, 9.17) is 0 Å². The third-order valence-corrected chi connectivity index (χ3v) is 5.27. The van der Waals surface area contributed by atoms with Crippen LogP contribution < -0.4 is 0 Å². The Kier molecular flexibility index (Phi) is 4.18. The van der Waals surface area contributed by atoms with Crippen molar-refractivity contribution >= 4 is 26.2 Å². The van der Waals surface area contributed by atoms with Crippen LogP contribution >= 0.6 is 26.2 Å². The summed E-state index contributed by atoms with van der Waals surface area (Å²) in [6.45, 7) is 3.14. The molecule has 0 aromatic carbocycles. The molecule has 2 unspecified atom stereocenters. The van der Waals surface area contributed by atoms with E-state index in [2.05, 4.69) is 15.9 Å². The second kappa shape index (κ2) is 4.05. The van der Waals surface area contributed by atoms with Crippen LogP contribution in [-0.4, -0.2) is 10.1 Å². The minimum atomic E-state index is -9.36. The minimum Gasteiger partial charge on any atom is -0.0975 e. The van der Waals surface area contributed by atoms with Crippen LogP contribution in [0.4, 0.5) is 19.4 Å². The Balaban J connectivity index is 4.99. The summed E-state index contributed by atoms with van der Waals surface area (Å²) in [6.07, 6.45) is 0.135. The molecule has 96 valence electrons. The van der Waals surface area contributed by atoms with Crippen molar-refractivity contribution in [3.8, 4) is 0 Å². The van der Waals surface area contributed by atoms with E-state index < -0.39 is 26.7 Å². The first-order valence-electron chi connectivity index (χ1n) is 4.79. The second-order valence-corrected chi connectivity index (χ2v) is 7.50. The summed E-state index contributed by atoms with van der Waals surface area (Å²) in [6, 6.07) is 0. The van der Waals surface area contributed by atoms with E-state index >= 15 is 0 Å². The molecular formula is C8H16BrF5S. The molecule has 0 aromatic rings. The predicted molar refractivity (Wildman–Crippen MR) is 59.5 cm³/mol. The average molecular weight is 319 g/mol. The Bertz CT molecular complexity index is 210. The van der Waals surface area contributed by atoms with Crippen molar-refractivity contribution < 1.29 is 19.4 Å². The van der Waals surface area contributed by atoms with Gasteiger partial charge in [0.15, 0.2) is 0 Å². The molecule has 0 heterocycles. The summed E-state index contributed by atoms with van der Waals surface area (Å²) >= 11 is 2.74. The van der Waals surface area contributed by atoms with Gasteiger partial charge in [-0.05, 0) is 12.8 Å². The molecule has 0 fully saturated rings. The Morgan fingerprint density at radius 3 is 1.60 bits per heavy atom. The van der Waals surface area contributed by atoms with Gasteiger partial charge in [-0.15, -0.1) is 0 Å². The largest absolute Gasteiger partial charge is 0.289 e. The van der Waals surface area contributed by atoms with Gasteiger partial charge in [0.05, 0.1) is 0 Å². The molecular weight excluding hydrogens is 303 g/mol. The molecule has 0 aliphatic carbocycles. The highest BCUT2D eigenvalue weighted by Gasteiger charge is 2.70. The van der Waals surface area contributed by atoms with Crippen LogP contribution in [0.5, 0.6) is 0 Å². The van der Waals surface area contributed by atoms with Crippen molar-refractivity contribution in [2.45, 2.75) is 49.6 Å². The van der Waals surface area contributed by atoms with Crippen molar-refractivity contribution in [2.75, 3.05) is 0 Å². The molecule has 0 N–H and O–H groups in total. The maximum absolute atomic E-state index is 12.6. The van der Waals surface area contributed by atoms with Crippen molar-refractivity contribution in [1.29, 1.82) is 0 Å². The molecule has 0 saturated heterocycles. The third-order valence-electron chi connectivity index (χ3n) is 2.11. The Morgan fingerprint density at radius 2 is 1.33 bits per heavy atom. The fourth-order valence-electron chi connectivity index (χ4n) is 1.43. The SMILES string of the molecule is CCCC(Br)C(CCC)S(F)(F)(F)(F)F. The molecule has 2 atom stereocenters. The first-order chi connectivity index (χ1) is 6.42. The maximum Gasteiger partial charge on any atom is 0.289 e. The normalized spacial score (nSPS) is 21.6. The highest BCUT2D eigenvalue weighted by molar-refractivity contribution is 9.09. The zero-order valence-corrected chi connectivity index (χ0v) is 11.1. The molecule has 0 radical (unpaired) electrons. The van der Waals surface area contributed by atoms with Gasteiger partial charge in [0.1, 0.15) is 5.25 Å². The number of rotatable bonds is 6. The van der Waals surface area contributed by atoms with Crippen LogP contribution in [-0.2, 0) is 0 Å². The topological polar surface area (TPSA) is 0 Å². The number of hydrogen-bond acceptors (Lipinski definition) is 0. The van der Waals surface area contributed by atoms with E-state index in [9.17, 15) is 19.4 Å². The van der Waals surface area contributed by atoms with E-state index in [0.29, 0.717) is 6.42 Å².